The average molecular weight is 604 g/mol. The van der Waals surface area contributed by atoms with Crippen molar-refractivity contribution in [2.75, 3.05) is 49.6 Å². The Balaban J connectivity index is 1.30. The van der Waals surface area contributed by atoms with E-state index in [1.54, 1.807) is 6.07 Å². The van der Waals surface area contributed by atoms with Crippen molar-refractivity contribution in [3.05, 3.63) is 51.5 Å². The van der Waals surface area contributed by atoms with E-state index >= 15 is 0 Å². The fraction of sp³-hybridized carbons (Fsp3) is 0.484. The van der Waals surface area contributed by atoms with E-state index < -0.39 is 0 Å². The third-order valence-electron chi connectivity index (χ3n) is 9.28. The Morgan fingerprint density at radius 1 is 1.12 bits per heavy atom. The molecule has 0 aliphatic carbocycles. The van der Waals surface area contributed by atoms with Gasteiger partial charge < -0.3 is 29.9 Å². The number of aromatic hydroxyl groups is 1. The van der Waals surface area contributed by atoms with Crippen molar-refractivity contribution in [1.82, 2.24) is 15.2 Å². The van der Waals surface area contributed by atoms with Crippen LogP contribution in [0.3, 0.4) is 0 Å². The average Bonchev–Trinajstić information content (AvgIpc) is 3.53. The van der Waals surface area contributed by atoms with Crippen LogP contribution in [0.4, 0.5) is 11.5 Å². The van der Waals surface area contributed by atoms with Crippen LogP contribution in [0.1, 0.15) is 42.4 Å². The highest BCUT2D eigenvalue weighted by atomic mass is 79.9. The molecule has 2 aromatic carbocycles. The minimum Gasteiger partial charge on any atom is -0.508 e. The first-order valence-electron chi connectivity index (χ1n) is 14.4. The van der Waals surface area contributed by atoms with Crippen LogP contribution in [-0.2, 0) is 13.0 Å². The van der Waals surface area contributed by atoms with E-state index in [9.17, 15) is 10.4 Å². The molecule has 0 radical (unpaired) electrons. The topological polar surface area (TPSA) is 87.9 Å². The van der Waals surface area contributed by atoms with Gasteiger partial charge >= 0.3 is 0 Å². The van der Waals surface area contributed by atoms with Crippen molar-refractivity contribution >= 4 is 38.2 Å². The van der Waals surface area contributed by atoms with Gasteiger partial charge in [0.25, 0.3) is 0 Å². The number of pyridine rings is 1. The molecule has 9 heteroatoms. The summed E-state index contributed by atoms with van der Waals surface area (Å²) in [6, 6.07) is 13.5. The summed E-state index contributed by atoms with van der Waals surface area (Å²) in [7, 11) is 2.14. The number of hydrogen-bond donors (Lipinski definition) is 2. The number of hydrogen-bond acceptors (Lipinski definition) is 8. The van der Waals surface area contributed by atoms with Gasteiger partial charge in [-0.3, -0.25) is 0 Å². The van der Waals surface area contributed by atoms with Gasteiger partial charge in [0.2, 0.25) is 5.88 Å². The zero-order valence-electron chi connectivity index (χ0n) is 22.9. The van der Waals surface area contributed by atoms with Crippen molar-refractivity contribution in [3.63, 3.8) is 0 Å². The Morgan fingerprint density at radius 3 is 2.70 bits per heavy atom. The van der Waals surface area contributed by atoms with Crippen LogP contribution in [0, 0.1) is 11.3 Å². The van der Waals surface area contributed by atoms with E-state index in [2.05, 4.69) is 49.1 Å². The number of rotatable bonds is 5. The van der Waals surface area contributed by atoms with Crippen LogP contribution in [-0.4, -0.2) is 72.9 Å². The minimum absolute atomic E-state index is 0.239. The van der Waals surface area contributed by atoms with Crippen molar-refractivity contribution in [2.24, 2.45) is 0 Å². The lowest BCUT2D eigenvalue weighted by Crippen LogP contribution is -2.52. The predicted molar refractivity (Wildman–Crippen MR) is 160 cm³/mol. The van der Waals surface area contributed by atoms with Gasteiger partial charge in [0, 0.05) is 77.0 Å². The van der Waals surface area contributed by atoms with Crippen LogP contribution in [0.25, 0.3) is 10.8 Å². The molecule has 3 unspecified atom stereocenters. The Bertz CT molecular complexity index is 1490. The number of halogens is 1. The maximum atomic E-state index is 10.6. The minimum atomic E-state index is 0.239. The van der Waals surface area contributed by atoms with Crippen LogP contribution in [0.5, 0.6) is 11.6 Å². The molecule has 3 aromatic rings. The second kappa shape index (κ2) is 10.4. The molecular formula is C31H35BrN6O2. The monoisotopic (exact) mass is 602 g/mol. The van der Waals surface area contributed by atoms with Crippen molar-refractivity contribution in [3.8, 4) is 17.7 Å². The Morgan fingerprint density at radius 2 is 1.95 bits per heavy atom. The molecule has 8 nitrogen and oxygen atoms in total. The van der Waals surface area contributed by atoms with Crippen molar-refractivity contribution in [1.29, 1.82) is 5.26 Å². The molecule has 0 amide bonds. The smallest absolute Gasteiger partial charge is 0.234 e. The molecule has 208 valence electrons. The lowest BCUT2D eigenvalue weighted by molar-refractivity contribution is 0.192. The van der Waals surface area contributed by atoms with Crippen LogP contribution >= 0.6 is 15.9 Å². The molecule has 1 aromatic heterocycles. The Hall–Kier alpha value is -3.06. The van der Waals surface area contributed by atoms with Crippen LogP contribution < -0.4 is 19.9 Å². The first-order valence-corrected chi connectivity index (χ1v) is 15.2. The Labute approximate surface area is 243 Å². The summed E-state index contributed by atoms with van der Waals surface area (Å²) in [6.07, 6.45) is 5.45. The number of aromatic nitrogens is 1. The molecule has 0 spiro atoms. The Kier molecular flexibility index (Phi) is 6.73. The number of phenolic OH excluding ortho intramolecular Hbond substituents is 1. The molecule has 7 rings (SSSR count). The van der Waals surface area contributed by atoms with Gasteiger partial charge in [-0.2, -0.15) is 10.2 Å². The summed E-state index contributed by atoms with van der Waals surface area (Å²) >= 11 is 3.74. The third-order valence-corrected chi connectivity index (χ3v) is 9.94. The lowest BCUT2D eigenvalue weighted by atomic mass is 9.94. The summed E-state index contributed by atoms with van der Waals surface area (Å²) in [4.78, 5) is 12.2. The van der Waals surface area contributed by atoms with E-state index in [1.807, 2.05) is 24.3 Å². The highest BCUT2D eigenvalue weighted by molar-refractivity contribution is 9.10. The van der Waals surface area contributed by atoms with Crippen molar-refractivity contribution < 1.29 is 9.84 Å². The molecule has 0 saturated carbocycles. The summed E-state index contributed by atoms with van der Waals surface area (Å²) in [5.41, 5.74) is 3.68. The van der Waals surface area contributed by atoms with Crippen molar-refractivity contribution in [2.45, 2.75) is 56.8 Å². The number of nitrogens with one attached hydrogen (secondary N) is 1. The first-order chi connectivity index (χ1) is 19.5. The molecule has 4 aliphatic heterocycles. The van der Waals surface area contributed by atoms with E-state index in [-0.39, 0.29) is 5.75 Å². The number of benzene rings is 2. The fourth-order valence-corrected chi connectivity index (χ4v) is 7.79. The summed E-state index contributed by atoms with van der Waals surface area (Å²) in [6.45, 7) is 4.82. The standard InChI is InChI=1S/C31H35BrN6O2/c1-36-10-3-5-22(36)18-40-31-25(14-33)26-17-37(28-13-23(39)12-19-4-2-6-27(32)29(19)28)11-9-24(26)30(35-31)38-15-20-7-8-21(16-38)34-20/h2,4,6,12-13,20-22,34,39H,3,5,7-11,15-18H2,1H3. The molecule has 2 bridgehead atoms. The van der Waals surface area contributed by atoms with Crippen LogP contribution in [0.2, 0.25) is 0 Å². The number of likely N-dealkylation sites (tertiary alicyclic amines) is 1. The number of piperazine rings is 1. The maximum absolute atomic E-state index is 10.6. The van der Waals surface area contributed by atoms with Crippen LogP contribution in [0.15, 0.2) is 34.8 Å². The summed E-state index contributed by atoms with van der Waals surface area (Å²) in [5.74, 6) is 1.69. The number of phenols is 1. The molecule has 3 atom stereocenters. The number of nitriles is 1. The molecule has 5 heterocycles. The van der Waals surface area contributed by atoms with E-state index in [4.69, 9.17) is 9.72 Å². The number of fused-ring (bicyclic) bond motifs is 4. The van der Waals surface area contributed by atoms with Gasteiger partial charge in [-0.05, 0) is 63.2 Å². The van der Waals surface area contributed by atoms with E-state index in [0.29, 0.717) is 42.7 Å². The second-order valence-corrected chi connectivity index (χ2v) is 12.6. The SMILES string of the molecule is CN1CCCC1COc1nc(N2CC3CCC(C2)N3)c2c(c1C#N)CN(c1cc(O)cc3cccc(Br)c13)CC2. The number of ether oxygens (including phenoxy) is 1. The first kappa shape index (κ1) is 25.9. The molecule has 3 saturated heterocycles. The normalized spacial score (nSPS) is 24.4. The second-order valence-electron chi connectivity index (χ2n) is 11.8. The fourth-order valence-electron chi connectivity index (χ4n) is 7.20. The molecule has 4 aliphatic rings. The number of nitrogens with zero attached hydrogens (tertiary/aromatic N) is 5. The maximum Gasteiger partial charge on any atom is 0.234 e. The van der Waals surface area contributed by atoms with Gasteiger partial charge in [-0.15, -0.1) is 0 Å². The molecule has 2 N–H and O–H groups in total. The van der Waals surface area contributed by atoms with E-state index in [1.165, 1.54) is 24.8 Å². The predicted octanol–water partition coefficient (Wildman–Crippen LogP) is 4.55. The number of anilines is 2. The third kappa shape index (κ3) is 4.56. The van der Waals surface area contributed by atoms with E-state index in [0.717, 1.165) is 71.3 Å². The highest BCUT2D eigenvalue weighted by Gasteiger charge is 2.36. The lowest BCUT2D eigenvalue weighted by Gasteiger charge is -2.38. The zero-order chi connectivity index (χ0) is 27.4. The largest absolute Gasteiger partial charge is 0.508 e. The van der Waals surface area contributed by atoms with Gasteiger partial charge in [0.1, 0.15) is 29.8 Å². The van der Waals surface area contributed by atoms with Gasteiger partial charge in [-0.25, -0.2) is 0 Å². The number of likely N-dealkylation sites (N-methyl/N-ethyl adjacent to an activating group) is 1. The van der Waals surface area contributed by atoms with Gasteiger partial charge in [-0.1, -0.05) is 28.1 Å². The zero-order valence-corrected chi connectivity index (χ0v) is 24.5. The van der Waals surface area contributed by atoms with Gasteiger partial charge in [0.15, 0.2) is 0 Å². The molecule has 3 fully saturated rings. The van der Waals surface area contributed by atoms with Gasteiger partial charge in [0.05, 0.1) is 0 Å². The molecular weight excluding hydrogens is 568 g/mol. The molecule has 40 heavy (non-hydrogen) atoms. The highest BCUT2D eigenvalue weighted by Crippen LogP contribution is 2.42. The summed E-state index contributed by atoms with van der Waals surface area (Å²) in [5, 5.41) is 26.8. The quantitative estimate of drug-likeness (QED) is 0.440. The summed E-state index contributed by atoms with van der Waals surface area (Å²) < 4.78 is 7.40.